The van der Waals surface area contributed by atoms with Crippen LogP contribution in [-0.4, -0.2) is 32.0 Å². The van der Waals surface area contributed by atoms with Gasteiger partial charge in [-0.25, -0.2) is 4.68 Å². The molecule has 1 aromatic heterocycles. The van der Waals surface area contributed by atoms with E-state index in [2.05, 4.69) is 15.6 Å². The summed E-state index contributed by atoms with van der Waals surface area (Å²) in [5.74, 6) is -1.55. The van der Waals surface area contributed by atoms with Crippen molar-refractivity contribution in [2.45, 2.75) is 13.5 Å². The van der Waals surface area contributed by atoms with Crippen LogP contribution in [0.15, 0.2) is 24.4 Å². The number of carboxylic acids is 1. The number of halogens is 1. The van der Waals surface area contributed by atoms with Gasteiger partial charge in [-0.2, -0.15) is 0 Å². The molecule has 0 spiro atoms. The minimum atomic E-state index is -1.06. The van der Waals surface area contributed by atoms with Crippen LogP contribution in [0.4, 0.5) is 5.69 Å². The number of nitrogens with one attached hydrogen (secondary N) is 1. The van der Waals surface area contributed by atoms with E-state index in [0.717, 1.165) is 10.2 Å². The van der Waals surface area contributed by atoms with Crippen molar-refractivity contribution in [3.8, 4) is 0 Å². The summed E-state index contributed by atoms with van der Waals surface area (Å²) in [5.41, 5.74) is 1.46. The molecular formula is C12H11ClN4O3. The first kappa shape index (κ1) is 14.0. The lowest BCUT2D eigenvalue weighted by Crippen LogP contribution is -2.12. The molecule has 0 unspecified atom stereocenters. The Morgan fingerprint density at radius 3 is 2.85 bits per heavy atom. The van der Waals surface area contributed by atoms with Crippen LogP contribution in [0, 0.1) is 6.92 Å². The van der Waals surface area contributed by atoms with E-state index in [1.807, 2.05) is 6.92 Å². The highest BCUT2D eigenvalue weighted by Gasteiger charge is 2.12. The van der Waals surface area contributed by atoms with Crippen LogP contribution in [0.2, 0.25) is 5.02 Å². The third-order valence-corrected chi connectivity index (χ3v) is 2.91. The first-order chi connectivity index (χ1) is 9.45. The summed E-state index contributed by atoms with van der Waals surface area (Å²) >= 11 is 5.96. The minimum absolute atomic E-state index is 0.0305. The zero-order valence-corrected chi connectivity index (χ0v) is 11.3. The number of aliphatic carboxylic acids is 1. The summed E-state index contributed by atoms with van der Waals surface area (Å²) in [7, 11) is 0. The van der Waals surface area contributed by atoms with Crippen molar-refractivity contribution >= 4 is 29.2 Å². The van der Waals surface area contributed by atoms with Crippen LogP contribution < -0.4 is 5.32 Å². The molecule has 1 heterocycles. The second kappa shape index (κ2) is 5.70. The maximum absolute atomic E-state index is 11.9. The molecule has 104 valence electrons. The maximum Gasteiger partial charge on any atom is 0.325 e. The van der Waals surface area contributed by atoms with Gasteiger partial charge in [0.15, 0.2) is 5.69 Å². The SMILES string of the molecule is Cc1ccc(NC(=O)c2cn(CC(=O)O)nn2)cc1Cl. The third-order valence-electron chi connectivity index (χ3n) is 2.50. The Balaban J connectivity index is 2.09. The number of amides is 1. The zero-order valence-electron chi connectivity index (χ0n) is 10.5. The van der Waals surface area contributed by atoms with Gasteiger partial charge in [-0.3, -0.25) is 9.59 Å². The summed E-state index contributed by atoms with van der Waals surface area (Å²) in [6.45, 7) is 1.50. The van der Waals surface area contributed by atoms with Crippen LogP contribution in [0.5, 0.6) is 0 Å². The van der Waals surface area contributed by atoms with Gasteiger partial charge in [-0.05, 0) is 24.6 Å². The largest absolute Gasteiger partial charge is 0.480 e. The van der Waals surface area contributed by atoms with E-state index in [9.17, 15) is 9.59 Å². The molecule has 0 radical (unpaired) electrons. The summed E-state index contributed by atoms with van der Waals surface area (Å²) in [6.07, 6.45) is 1.26. The maximum atomic E-state index is 11.9. The standard InChI is InChI=1S/C12H11ClN4O3/c1-7-2-3-8(4-9(7)13)14-12(20)10-5-17(16-15-10)6-11(18)19/h2-5H,6H2,1H3,(H,14,20)(H,18,19). The lowest BCUT2D eigenvalue weighted by Gasteiger charge is -2.04. The number of rotatable bonds is 4. The summed E-state index contributed by atoms with van der Waals surface area (Å²) in [5, 5.41) is 18.9. The monoisotopic (exact) mass is 294 g/mol. The molecule has 2 aromatic rings. The van der Waals surface area contributed by atoms with Crippen molar-refractivity contribution in [2.75, 3.05) is 5.32 Å². The first-order valence-corrected chi connectivity index (χ1v) is 6.03. The highest BCUT2D eigenvalue weighted by atomic mass is 35.5. The molecule has 8 heteroatoms. The van der Waals surface area contributed by atoms with Gasteiger partial charge < -0.3 is 10.4 Å². The molecular weight excluding hydrogens is 284 g/mol. The van der Waals surface area contributed by atoms with E-state index < -0.39 is 11.9 Å². The smallest absolute Gasteiger partial charge is 0.325 e. The number of carbonyl (C=O) groups excluding carboxylic acids is 1. The van der Waals surface area contributed by atoms with Gasteiger partial charge in [0.2, 0.25) is 0 Å². The second-order valence-corrected chi connectivity index (χ2v) is 4.52. The fraction of sp³-hybridized carbons (Fsp3) is 0.167. The second-order valence-electron chi connectivity index (χ2n) is 4.11. The van der Waals surface area contributed by atoms with Gasteiger partial charge in [0.1, 0.15) is 6.54 Å². The molecule has 2 N–H and O–H groups in total. The number of anilines is 1. The summed E-state index contributed by atoms with van der Waals surface area (Å²) in [4.78, 5) is 22.4. The fourth-order valence-corrected chi connectivity index (χ4v) is 1.66. The number of hydrogen-bond donors (Lipinski definition) is 2. The number of carbonyl (C=O) groups is 2. The van der Waals surface area contributed by atoms with Crippen molar-refractivity contribution < 1.29 is 14.7 Å². The number of carboxylic acid groups (broad SMARTS) is 1. The van der Waals surface area contributed by atoms with Crippen molar-refractivity contribution in [3.63, 3.8) is 0 Å². The molecule has 0 aliphatic carbocycles. The van der Waals surface area contributed by atoms with Gasteiger partial charge in [-0.15, -0.1) is 5.10 Å². The van der Waals surface area contributed by atoms with Crippen molar-refractivity contribution in [3.05, 3.63) is 40.7 Å². The van der Waals surface area contributed by atoms with Gasteiger partial charge in [-0.1, -0.05) is 22.9 Å². The lowest BCUT2D eigenvalue weighted by molar-refractivity contribution is -0.137. The Kier molecular flexibility index (Phi) is 3.99. The molecule has 20 heavy (non-hydrogen) atoms. The molecule has 1 amide bonds. The zero-order chi connectivity index (χ0) is 14.7. The number of benzene rings is 1. The molecule has 0 bridgehead atoms. The Labute approximate surface area is 119 Å². The average Bonchev–Trinajstić information content (AvgIpc) is 2.81. The number of nitrogens with zero attached hydrogens (tertiary/aromatic N) is 3. The number of aromatic nitrogens is 3. The summed E-state index contributed by atoms with van der Waals surface area (Å²) < 4.78 is 1.07. The first-order valence-electron chi connectivity index (χ1n) is 5.65. The highest BCUT2D eigenvalue weighted by Crippen LogP contribution is 2.20. The van der Waals surface area contributed by atoms with Gasteiger partial charge in [0.25, 0.3) is 5.91 Å². The minimum Gasteiger partial charge on any atom is -0.480 e. The average molecular weight is 295 g/mol. The Hall–Kier alpha value is -2.41. The number of aryl methyl sites for hydroxylation is 1. The van der Waals surface area contributed by atoms with E-state index in [4.69, 9.17) is 16.7 Å². The Morgan fingerprint density at radius 2 is 2.20 bits per heavy atom. The quantitative estimate of drug-likeness (QED) is 0.892. The van der Waals surface area contributed by atoms with E-state index in [-0.39, 0.29) is 12.2 Å². The Bertz CT molecular complexity index is 668. The molecule has 2 rings (SSSR count). The predicted octanol–water partition coefficient (Wildman–Crippen LogP) is 1.58. The number of hydrogen-bond acceptors (Lipinski definition) is 4. The lowest BCUT2D eigenvalue weighted by atomic mass is 10.2. The molecule has 0 fully saturated rings. The van der Waals surface area contributed by atoms with E-state index >= 15 is 0 Å². The van der Waals surface area contributed by atoms with Gasteiger partial charge >= 0.3 is 5.97 Å². The predicted molar refractivity (Wildman–Crippen MR) is 71.8 cm³/mol. The van der Waals surface area contributed by atoms with Crippen molar-refractivity contribution in [1.82, 2.24) is 15.0 Å². The fourth-order valence-electron chi connectivity index (χ4n) is 1.48. The van der Waals surface area contributed by atoms with Gasteiger partial charge in [0, 0.05) is 10.7 Å². The molecule has 0 saturated carbocycles. The van der Waals surface area contributed by atoms with E-state index in [1.54, 1.807) is 18.2 Å². The Morgan fingerprint density at radius 1 is 1.45 bits per heavy atom. The van der Waals surface area contributed by atoms with Crippen LogP contribution in [0.3, 0.4) is 0 Å². The summed E-state index contributed by atoms with van der Waals surface area (Å²) in [6, 6.07) is 5.11. The topological polar surface area (TPSA) is 97.1 Å². The normalized spacial score (nSPS) is 10.3. The van der Waals surface area contributed by atoms with Crippen LogP contribution in [0.25, 0.3) is 0 Å². The molecule has 7 nitrogen and oxygen atoms in total. The molecule has 0 aliphatic rings. The molecule has 0 aliphatic heterocycles. The van der Waals surface area contributed by atoms with Crippen LogP contribution >= 0.6 is 11.6 Å². The van der Waals surface area contributed by atoms with Crippen molar-refractivity contribution in [1.29, 1.82) is 0 Å². The highest BCUT2D eigenvalue weighted by molar-refractivity contribution is 6.31. The molecule has 0 atom stereocenters. The van der Waals surface area contributed by atoms with Crippen LogP contribution in [-0.2, 0) is 11.3 Å². The third kappa shape index (κ3) is 3.33. The van der Waals surface area contributed by atoms with Crippen LogP contribution in [0.1, 0.15) is 16.1 Å². The molecule has 1 aromatic carbocycles. The van der Waals surface area contributed by atoms with Gasteiger partial charge in [0.05, 0.1) is 6.20 Å². The van der Waals surface area contributed by atoms with E-state index in [1.165, 1.54) is 6.20 Å². The molecule has 0 saturated heterocycles. The van der Waals surface area contributed by atoms with Crippen molar-refractivity contribution in [2.24, 2.45) is 0 Å². The van der Waals surface area contributed by atoms with E-state index in [0.29, 0.717) is 10.7 Å².